The lowest BCUT2D eigenvalue weighted by Crippen LogP contribution is -2.12. The quantitative estimate of drug-likeness (QED) is 0.764. The van der Waals surface area contributed by atoms with Gasteiger partial charge in [-0.3, -0.25) is 4.68 Å². The van der Waals surface area contributed by atoms with E-state index in [1.54, 1.807) is 29.1 Å². The molecular weight excluding hydrogens is 302 g/mol. The van der Waals surface area contributed by atoms with Gasteiger partial charge in [-0.25, -0.2) is 18.4 Å². The summed E-state index contributed by atoms with van der Waals surface area (Å²) >= 11 is 0. The molecule has 2 heterocycles. The Labute approximate surface area is 127 Å². The van der Waals surface area contributed by atoms with E-state index in [4.69, 9.17) is 0 Å². The molecule has 1 aromatic carbocycles. The summed E-state index contributed by atoms with van der Waals surface area (Å²) in [5, 5.41) is 8.00. The minimum Gasteiger partial charge on any atom is -0.368 e. The number of rotatable bonds is 5. The van der Waals surface area contributed by atoms with Gasteiger partial charge in [0.2, 0.25) is 0 Å². The molecule has 8 heteroatoms. The molecule has 0 fully saturated rings. The van der Waals surface area contributed by atoms with Gasteiger partial charge in [0.1, 0.15) is 12.1 Å². The van der Waals surface area contributed by atoms with Gasteiger partial charge in [0.15, 0.2) is 9.84 Å². The molecule has 114 valence electrons. The molecule has 2 aromatic heterocycles. The molecule has 0 aliphatic heterocycles. The highest BCUT2D eigenvalue weighted by Crippen LogP contribution is 2.22. The van der Waals surface area contributed by atoms with Crippen molar-refractivity contribution in [3.63, 3.8) is 0 Å². The molecule has 0 amide bonds. The Bertz CT molecular complexity index is 891. The first-order chi connectivity index (χ1) is 10.5. The van der Waals surface area contributed by atoms with Crippen LogP contribution in [0.15, 0.2) is 47.9 Å². The normalized spacial score (nSPS) is 11.7. The molecule has 0 unspecified atom stereocenters. The lowest BCUT2D eigenvalue weighted by molar-refractivity contribution is 0.602. The number of fused-ring (bicyclic) bond motifs is 1. The van der Waals surface area contributed by atoms with Crippen molar-refractivity contribution in [1.29, 1.82) is 0 Å². The molecule has 3 aromatic rings. The molecule has 0 radical (unpaired) electrons. The van der Waals surface area contributed by atoms with Gasteiger partial charge in [-0.1, -0.05) is 0 Å². The fraction of sp³-hybridized carbons (Fsp3) is 0.214. The molecule has 7 nitrogen and oxygen atoms in total. The SMILES string of the molecule is CS(=O)(=O)c1ccc2ncnc(NCCn3cccn3)c2c1. The van der Waals surface area contributed by atoms with Crippen molar-refractivity contribution >= 4 is 26.6 Å². The largest absolute Gasteiger partial charge is 0.368 e. The van der Waals surface area contributed by atoms with E-state index in [9.17, 15) is 8.42 Å². The van der Waals surface area contributed by atoms with Gasteiger partial charge in [-0.05, 0) is 24.3 Å². The first-order valence-corrected chi connectivity index (χ1v) is 8.59. The Kier molecular flexibility index (Phi) is 3.76. The van der Waals surface area contributed by atoms with E-state index in [0.29, 0.717) is 29.8 Å². The van der Waals surface area contributed by atoms with E-state index < -0.39 is 9.84 Å². The lowest BCUT2D eigenvalue weighted by Gasteiger charge is -2.09. The highest BCUT2D eigenvalue weighted by molar-refractivity contribution is 7.90. The fourth-order valence-corrected chi connectivity index (χ4v) is 2.78. The second-order valence-electron chi connectivity index (χ2n) is 4.87. The summed E-state index contributed by atoms with van der Waals surface area (Å²) in [7, 11) is -3.26. The number of benzene rings is 1. The van der Waals surface area contributed by atoms with Crippen LogP contribution in [-0.2, 0) is 16.4 Å². The van der Waals surface area contributed by atoms with Crippen LogP contribution in [0, 0.1) is 0 Å². The van der Waals surface area contributed by atoms with Crippen LogP contribution in [0.2, 0.25) is 0 Å². The van der Waals surface area contributed by atoms with E-state index in [2.05, 4.69) is 20.4 Å². The van der Waals surface area contributed by atoms with Crippen LogP contribution in [-0.4, -0.2) is 41.0 Å². The molecule has 0 bridgehead atoms. The number of hydrogen-bond donors (Lipinski definition) is 1. The van der Waals surface area contributed by atoms with Crippen molar-refractivity contribution in [3.05, 3.63) is 43.0 Å². The second-order valence-corrected chi connectivity index (χ2v) is 6.89. The van der Waals surface area contributed by atoms with Gasteiger partial charge in [0, 0.05) is 30.6 Å². The number of anilines is 1. The van der Waals surface area contributed by atoms with Crippen molar-refractivity contribution in [2.45, 2.75) is 11.4 Å². The first-order valence-electron chi connectivity index (χ1n) is 6.70. The Morgan fingerprint density at radius 2 is 2.14 bits per heavy atom. The van der Waals surface area contributed by atoms with Crippen LogP contribution < -0.4 is 5.32 Å². The maximum absolute atomic E-state index is 11.7. The minimum atomic E-state index is -3.26. The average Bonchev–Trinajstić information content (AvgIpc) is 2.99. The second kappa shape index (κ2) is 5.72. The average molecular weight is 317 g/mol. The number of nitrogens with zero attached hydrogens (tertiary/aromatic N) is 4. The van der Waals surface area contributed by atoms with Gasteiger partial charge in [0.05, 0.1) is 17.0 Å². The summed E-state index contributed by atoms with van der Waals surface area (Å²) in [6.07, 6.45) is 6.24. The van der Waals surface area contributed by atoms with E-state index in [-0.39, 0.29) is 4.90 Å². The number of aromatic nitrogens is 4. The summed E-state index contributed by atoms with van der Waals surface area (Å²) < 4.78 is 25.2. The predicted octanol–water partition coefficient (Wildman–Crippen LogP) is 1.34. The van der Waals surface area contributed by atoms with Gasteiger partial charge >= 0.3 is 0 Å². The number of hydrogen-bond acceptors (Lipinski definition) is 6. The number of sulfone groups is 1. The summed E-state index contributed by atoms with van der Waals surface area (Å²) in [6.45, 7) is 1.31. The van der Waals surface area contributed by atoms with Crippen molar-refractivity contribution in [1.82, 2.24) is 19.7 Å². The van der Waals surface area contributed by atoms with Gasteiger partial charge in [-0.15, -0.1) is 0 Å². The van der Waals surface area contributed by atoms with Crippen LogP contribution in [0.3, 0.4) is 0 Å². The van der Waals surface area contributed by atoms with Gasteiger partial charge in [-0.2, -0.15) is 5.10 Å². The van der Waals surface area contributed by atoms with Crippen LogP contribution in [0.1, 0.15) is 0 Å². The Hall–Kier alpha value is -2.48. The molecular formula is C14H15N5O2S. The maximum atomic E-state index is 11.7. The summed E-state index contributed by atoms with van der Waals surface area (Å²) in [6, 6.07) is 6.70. The van der Waals surface area contributed by atoms with Crippen molar-refractivity contribution in [2.24, 2.45) is 0 Å². The monoisotopic (exact) mass is 317 g/mol. The summed E-state index contributed by atoms with van der Waals surface area (Å²) in [5.74, 6) is 0.614. The van der Waals surface area contributed by atoms with Crippen LogP contribution >= 0.6 is 0 Å². The van der Waals surface area contributed by atoms with E-state index >= 15 is 0 Å². The molecule has 0 aliphatic rings. The zero-order valence-electron chi connectivity index (χ0n) is 12.0. The zero-order chi connectivity index (χ0) is 15.6. The van der Waals surface area contributed by atoms with Crippen molar-refractivity contribution in [3.8, 4) is 0 Å². The van der Waals surface area contributed by atoms with Crippen LogP contribution in [0.4, 0.5) is 5.82 Å². The minimum absolute atomic E-state index is 0.255. The van der Waals surface area contributed by atoms with Crippen molar-refractivity contribution < 1.29 is 8.42 Å². The highest BCUT2D eigenvalue weighted by atomic mass is 32.2. The molecule has 0 aliphatic carbocycles. The Balaban J connectivity index is 1.88. The lowest BCUT2D eigenvalue weighted by atomic mass is 10.2. The van der Waals surface area contributed by atoms with E-state index in [1.165, 1.54) is 12.6 Å². The van der Waals surface area contributed by atoms with Crippen LogP contribution in [0.5, 0.6) is 0 Å². The summed E-state index contributed by atoms with van der Waals surface area (Å²) in [4.78, 5) is 8.62. The summed E-state index contributed by atoms with van der Waals surface area (Å²) in [5.41, 5.74) is 0.698. The fourth-order valence-electron chi connectivity index (χ4n) is 2.13. The molecule has 3 rings (SSSR count). The molecule has 0 saturated carbocycles. The number of nitrogens with one attached hydrogen (secondary N) is 1. The smallest absolute Gasteiger partial charge is 0.175 e. The molecule has 0 saturated heterocycles. The van der Waals surface area contributed by atoms with Crippen LogP contribution in [0.25, 0.3) is 10.9 Å². The maximum Gasteiger partial charge on any atom is 0.175 e. The Morgan fingerprint density at radius 3 is 2.86 bits per heavy atom. The first kappa shape index (κ1) is 14.5. The molecule has 0 atom stereocenters. The van der Waals surface area contributed by atoms with Crippen molar-refractivity contribution in [2.75, 3.05) is 18.1 Å². The zero-order valence-corrected chi connectivity index (χ0v) is 12.8. The van der Waals surface area contributed by atoms with E-state index in [0.717, 1.165) is 0 Å². The molecule has 22 heavy (non-hydrogen) atoms. The third kappa shape index (κ3) is 3.06. The van der Waals surface area contributed by atoms with E-state index in [1.807, 2.05) is 12.3 Å². The highest BCUT2D eigenvalue weighted by Gasteiger charge is 2.10. The standard InChI is InChI=1S/C14H15N5O2S/c1-22(20,21)11-3-4-13-12(9-11)14(17-10-16-13)15-6-8-19-7-2-5-18-19/h2-5,7,9-10H,6,8H2,1H3,(H,15,16,17). The third-order valence-corrected chi connectivity index (χ3v) is 4.34. The van der Waals surface area contributed by atoms with Gasteiger partial charge in [0.25, 0.3) is 0 Å². The molecule has 1 N–H and O–H groups in total. The van der Waals surface area contributed by atoms with Gasteiger partial charge < -0.3 is 5.32 Å². The third-order valence-electron chi connectivity index (χ3n) is 3.23. The molecule has 0 spiro atoms. The predicted molar refractivity (Wildman–Crippen MR) is 83.4 cm³/mol. The topological polar surface area (TPSA) is 89.8 Å². The Morgan fingerprint density at radius 1 is 1.27 bits per heavy atom.